The average molecular weight is 367 g/mol. The van der Waals surface area contributed by atoms with Crippen molar-refractivity contribution in [3.05, 3.63) is 0 Å². The van der Waals surface area contributed by atoms with E-state index in [2.05, 4.69) is 0 Å². The van der Waals surface area contributed by atoms with Crippen molar-refractivity contribution in [2.75, 3.05) is 53.1 Å². The van der Waals surface area contributed by atoms with Gasteiger partial charge in [-0.2, -0.15) is 0 Å². The fraction of sp³-hybridized carbons (Fsp3) is 1.00. The van der Waals surface area contributed by atoms with E-state index in [0.29, 0.717) is 38.9 Å². The molecule has 5 atom stereocenters. The first kappa shape index (κ1) is 20.4. The molecule has 5 unspecified atom stereocenters. The average Bonchev–Trinajstić information content (AvgIpc) is 2.75. The van der Waals surface area contributed by atoms with Gasteiger partial charge in [-0.25, -0.2) is 0 Å². The summed E-state index contributed by atoms with van der Waals surface area (Å²) < 4.78 is 34.7. The molecule has 2 heterocycles. The van der Waals surface area contributed by atoms with Crippen molar-refractivity contribution in [1.29, 1.82) is 0 Å². The third-order valence-corrected chi connectivity index (χ3v) is 4.70. The van der Waals surface area contributed by atoms with Gasteiger partial charge in [0.1, 0.15) is 0 Å². The second-order valence-corrected chi connectivity index (χ2v) is 6.76. The van der Waals surface area contributed by atoms with Crippen molar-refractivity contribution in [1.82, 2.24) is 0 Å². The normalized spacial score (nSPS) is 36.4. The summed E-state index contributed by atoms with van der Waals surface area (Å²) in [5, 5.41) is 0. The molecule has 0 radical (unpaired) electrons. The van der Waals surface area contributed by atoms with Crippen LogP contribution >= 0.6 is 11.6 Å². The lowest BCUT2D eigenvalue weighted by atomic mass is 10.0. The summed E-state index contributed by atoms with van der Waals surface area (Å²) in [6.07, 6.45) is 3.33. The van der Waals surface area contributed by atoms with Gasteiger partial charge in [-0.3, -0.25) is 0 Å². The number of hydrogen-bond donors (Lipinski definition) is 0. The van der Waals surface area contributed by atoms with Gasteiger partial charge in [0.2, 0.25) is 0 Å². The summed E-state index contributed by atoms with van der Waals surface area (Å²) in [5.41, 5.74) is 0. The van der Waals surface area contributed by atoms with Crippen molar-refractivity contribution >= 4 is 11.6 Å². The fourth-order valence-electron chi connectivity index (χ4n) is 3.25. The van der Waals surface area contributed by atoms with E-state index in [-0.39, 0.29) is 30.5 Å². The number of fused-ring (bicyclic) bond motifs is 2. The largest absolute Gasteiger partial charge is 0.382 e. The van der Waals surface area contributed by atoms with E-state index in [4.69, 9.17) is 40.0 Å². The minimum atomic E-state index is -0.0863. The molecule has 0 saturated carbocycles. The van der Waals surface area contributed by atoms with Crippen molar-refractivity contribution in [3.63, 3.8) is 0 Å². The van der Waals surface area contributed by atoms with Crippen LogP contribution in [-0.2, 0) is 28.4 Å². The van der Waals surface area contributed by atoms with Crippen LogP contribution in [0.15, 0.2) is 0 Å². The Morgan fingerprint density at radius 1 is 0.833 bits per heavy atom. The van der Waals surface area contributed by atoms with Gasteiger partial charge in [0.05, 0.1) is 56.2 Å². The molecule has 0 N–H and O–H groups in total. The lowest BCUT2D eigenvalue weighted by Crippen LogP contribution is -2.33. The maximum Gasteiger partial charge on any atom is 0.0947 e. The summed E-state index contributed by atoms with van der Waals surface area (Å²) in [7, 11) is 3.39. The first-order valence-corrected chi connectivity index (χ1v) is 9.32. The first-order chi connectivity index (χ1) is 11.7. The first-order valence-electron chi connectivity index (χ1n) is 8.79. The Balaban J connectivity index is 2.05. The van der Waals surface area contributed by atoms with Gasteiger partial charge in [-0.15, -0.1) is 11.6 Å². The SMILES string of the molecule is COCC1CC2CC(CC(COC)OCCCO1)OC(CCl)CO2. The van der Waals surface area contributed by atoms with Gasteiger partial charge in [0, 0.05) is 40.3 Å². The highest BCUT2D eigenvalue weighted by Crippen LogP contribution is 2.24. The summed E-state index contributed by atoms with van der Waals surface area (Å²) in [6.45, 7) is 2.95. The van der Waals surface area contributed by atoms with Crippen LogP contribution in [0.1, 0.15) is 25.7 Å². The minimum Gasteiger partial charge on any atom is -0.382 e. The van der Waals surface area contributed by atoms with Gasteiger partial charge in [0.15, 0.2) is 0 Å². The predicted molar refractivity (Wildman–Crippen MR) is 90.8 cm³/mol. The molecular formula is C17H31ClO6. The quantitative estimate of drug-likeness (QED) is 0.694. The Morgan fingerprint density at radius 2 is 1.46 bits per heavy atom. The summed E-state index contributed by atoms with van der Waals surface area (Å²) in [4.78, 5) is 0. The molecule has 0 aromatic rings. The zero-order valence-electron chi connectivity index (χ0n) is 14.8. The van der Waals surface area contributed by atoms with Gasteiger partial charge < -0.3 is 28.4 Å². The number of rotatable bonds is 5. The third kappa shape index (κ3) is 7.12. The predicted octanol–water partition coefficient (Wildman–Crippen LogP) is 2.02. The van der Waals surface area contributed by atoms with Gasteiger partial charge in [0.25, 0.3) is 0 Å². The van der Waals surface area contributed by atoms with E-state index in [1.165, 1.54) is 0 Å². The molecule has 2 bridgehead atoms. The number of alkyl halides is 1. The molecule has 0 spiro atoms. The Hall–Kier alpha value is 0.0500. The molecule has 2 saturated heterocycles. The molecule has 0 aromatic heterocycles. The van der Waals surface area contributed by atoms with Crippen molar-refractivity contribution < 1.29 is 28.4 Å². The molecule has 7 heteroatoms. The highest BCUT2D eigenvalue weighted by molar-refractivity contribution is 6.18. The van der Waals surface area contributed by atoms with Crippen LogP contribution in [-0.4, -0.2) is 83.7 Å². The van der Waals surface area contributed by atoms with Crippen LogP contribution in [0, 0.1) is 0 Å². The second kappa shape index (κ2) is 11.6. The van der Waals surface area contributed by atoms with Crippen LogP contribution in [0.2, 0.25) is 0 Å². The van der Waals surface area contributed by atoms with Gasteiger partial charge in [-0.05, 0) is 12.8 Å². The topological polar surface area (TPSA) is 55.4 Å². The standard InChI is InChI=1S/C17H31ClO6/c1-19-10-15-7-13-6-14(24-17(9-18)12-23-13)8-16(11-20-2)22-5-3-4-21-15/h13-17H,3-12H2,1-2H3. The van der Waals surface area contributed by atoms with E-state index in [1.807, 2.05) is 0 Å². The Labute approximate surface area is 150 Å². The zero-order chi connectivity index (χ0) is 17.2. The van der Waals surface area contributed by atoms with E-state index in [1.54, 1.807) is 14.2 Å². The molecule has 2 fully saturated rings. The molecular weight excluding hydrogens is 336 g/mol. The van der Waals surface area contributed by atoms with E-state index in [9.17, 15) is 0 Å². The molecule has 0 aromatic carbocycles. The smallest absolute Gasteiger partial charge is 0.0947 e. The molecule has 0 amide bonds. The maximum atomic E-state index is 6.14. The van der Waals surface area contributed by atoms with E-state index >= 15 is 0 Å². The maximum absolute atomic E-state index is 6.14. The van der Waals surface area contributed by atoms with E-state index in [0.717, 1.165) is 25.7 Å². The van der Waals surface area contributed by atoms with Crippen LogP contribution < -0.4 is 0 Å². The number of hydrogen-bond acceptors (Lipinski definition) is 6. The molecule has 0 aliphatic carbocycles. The Kier molecular flexibility index (Phi) is 9.86. The third-order valence-electron chi connectivity index (χ3n) is 4.35. The van der Waals surface area contributed by atoms with Crippen LogP contribution in [0.25, 0.3) is 0 Å². The molecule has 6 nitrogen and oxygen atoms in total. The highest BCUT2D eigenvalue weighted by Gasteiger charge is 2.31. The summed E-state index contributed by atoms with van der Waals surface area (Å²) in [5.74, 6) is 0.428. The van der Waals surface area contributed by atoms with Crippen LogP contribution in [0.4, 0.5) is 0 Å². The fourth-order valence-corrected chi connectivity index (χ4v) is 3.42. The monoisotopic (exact) mass is 366 g/mol. The minimum absolute atomic E-state index is 0.0175. The molecule has 2 rings (SSSR count). The Bertz CT molecular complexity index is 332. The Morgan fingerprint density at radius 3 is 2.04 bits per heavy atom. The summed E-state index contributed by atoms with van der Waals surface area (Å²) in [6, 6.07) is 0. The van der Waals surface area contributed by atoms with Crippen molar-refractivity contribution in [2.24, 2.45) is 0 Å². The van der Waals surface area contributed by atoms with Gasteiger partial charge in [-0.1, -0.05) is 0 Å². The molecule has 24 heavy (non-hydrogen) atoms. The van der Waals surface area contributed by atoms with Crippen molar-refractivity contribution in [3.8, 4) is 0 Å². The summed E-state index contributed by atoms with van der Waals surface area (Å²) >= 11 is 6.01. The number of methoxy groups -OCH3 is 2. The molecule has 2 aliphatic heterocycles. The van der Waals surface area contributed by atoms with Crippen LogP contribution in [0.3, 0.4) is 0 Å². The highest BCUT2D eigenvalue weighted by atomic mass is 35.5. The van der Waals surface area contributed by atoms with Gasteiger partial charge >= 0.3 is 0 Å². The second-order valence-electron chi connectivity index (χ2n) is 6.45. The van der Waals surface area contributed by atoms with Crippen LogP contribution in [0.5, 0.6) is 0 Å². The lowest BCUT2D eigenvalue weighted by molar-refractivity contribution is -0.0745. The number of ether oxygens (including phenoxy) is 6. The molecule has 142 valence electrons. The molecule has 2 aliphatic rings. The zero-order valence-corrected chi connectivity index (χ0v) is 15.5. The van der Waals surface area contributed by atoms with E-state index < -0.39 is 0 Å². The number of halogens is 1. The van der Waals surface area contributed by atoms with Crippen molar-refractivity contribution in [2.45, 2.75) is 56.2 Å². The lowest BCUT2D eigenvalue weighted by Gasteiger charge is -2.28.